The number of esters is 1. The van der Waals surface area contributed by atoms with Gasteiger partial charge in [-0.3, -0.25) is 9.69 Å². The van der Waals surface area contributed by atoms with Crippen molar-refractivity contribution in [3.8, 4) is 0 Å². The van der Waals surface area contributed by atoms with Crippen molar-refractivity contribution in [3.63, 3.8) is 0 Å². The average Bonchev–Trinajstić information content (AvgIpc) is 3.12. The second-order valence-corrected chi connectivity index (χ2v) is 6.29. The summed E-state index contributed by atoms with van der Waals surface area (Å²) in [5.41, 5.74) is 1.09. The van der Waals surface area contributed by atoms with E-state index in [1.54, 1.807) is 0 Å². The van der Waals surface area contributed by atoms with Crippen molar-refractivity contribution in [2.75, 3.05) is 7.11 Å². The number of methoxy groups -OCH3 is 1. The van der Waals surface area contributed by atoms with E-state index in [-0.39, 0.29) is 24.0 Å². The summed E-state index contributed by atoms with van der Waals surface area (Å²) in [6.07, 6.45) is -1.24. The Morgan fingerprint density at radius 3 is 2.55 bits per heavy atom. The molecule has 2 fully saturated rings. The highest BCUT2D eigenvalue weighted by Crippen LogP contribution is 2.51. The molecule has 0 spiro atoms. The van der Waals surface area contributed by atoms with Crippen LogP contribution in [-0.4, -0.2) is 36.5 Å². The van der Waals surface area contributed by atoms with Crippen molar-refractivity contribution in [1.29, 1.82) is 0 Å². The summed E-state index contributed by atoms with van der Waals surface area (Å²) in [5.74, 6) is -1.38. The lowest BCUT2D eigenvalue weighted by Gasteiger charge is -2.40. The highest BCUT2D eigenvalue weighted by atomic mass is 19.3. The molecule has 1 aliphatic carbocycles. The Morgan fingerprint density at radius 2 is 1.95 bits per heavy atom. The molecule has 1 aliphatic heterocycles. The maximum absolute atomic E-state index is 13.2. The van der Waals surface area contributed by atoms with E-state index in [9.17, 15) is 13.6 Å². The van der Waals surface area contributed by atoms with Gasteiger partial charge in [-0.1, -0.05) is 30.3 Å². The number of carbonyl (C=O) groups excluding carboxylic acids is 1. The van der Waals surface area contributed by atoms with Crippen molar-refractivity contribution >= 4 is 5.97 Å². The summed E-state index contributed by atoms with van der Waals surface area (Å²) in [6, 6.07) is 9.35. The molecule has 1 aromatic carbocycles. The maximum Gasteiger partial charge on any atom is 0.323 e. The van der Waals surface area contributed by atoms with Gasteiger partial charge in [-0.2, -0.15) is 0 Å². The third kappa shape index (κ3) is 2.41. The zero-order valence-electron chi connectivity index (χ0n) is 12.8. The predicted octanol–water partition coefficient (Wildman–Crippen LogP) is 3.26. The Kier molecular flexibility index (Phi) is 4.17. The van der Waals surface area contributed by atoms with Gasteiger partial charge in [-0.15, -0.1) is 0 Å². The summed E-state index contributed by atoms with van der Waals surface area (Å²) < 4.78 is 31.3. The van der Waals surface area contributed by atoms with Gasteiger partial charge < -0.3 is 4.74 Å². The SMILES string of the molecule is COC(=O)[C@H]1[C@H]2C[C@H](C[C@@H]2C(F)F)N1[C@@H](C)c1ccccc1. The van der Waals surface area contributed by atoms with Crippen molar-refractivity contribution in [1.82, 2.24) is 4.90 Å². The lowest BCUT2D eigenvalue weighted by atomic mass is 9.86. The van der Waals surface area contributed by atoms with Gasteiger partial charge in [-0.05, 0) is 31.2 Å². The third-order valence-corrected chi connectivity index (χ3v) is 5.28. The number of fused-ring (bicyclic) bond motifs is 2. The molecule has 5 heteroatoms. The number of ether oxygens (including phenoxy) is 1. The van der Waals surface area contributed by atoms with Crippen LogP contribution in [0.2, 0.25) is 0 Å². The maximum atomic E-state index is 13.2. The van der Waals surface area contributed by atoms with Crippen LogP contribution in [0.25, 0.3) is 0 Å². The topological polar surface area (TPSA) is 29.5 Å². The quantitative estimate of drug-likeness (QED) is 0.800. The van der Waals surface area contributed by atoms with E-state index >= 15 is 0 Å². The summed E-state index contributed by atoms with van der Waals surface area (Å²) in [7, 11) is 1.33. The van der Waals surface area contributed by atoms with E-state index in [0.29, 0.717) is 12.8 Å². The van der Waals surface area contributed by atoms with E-state index in [1.165, 1.54) is 7.11 Å². The Morgan fingerprint density at radius 1 is 1.27 bits per heavy atom. The second-order valence-electron chi connectivity index (χ2n) is 6.29. The molecule has 2 aliphatic rings. The largest absolute Gasteiger partial charge is 0.468 e. The van der Waals surface area contributed by atoms with Gasteiger partial charge in [0, 0.05) is 18.0 Å². The molecule has 0 N–H and O–H groups in total. The van der Waals surface area contributed by atoms with Gasteiger partial charge in [0.05, 0.1) is 7.11 Å². The first-order valence-corrected chi connectivity index (χ1v) is 7.73. The smallest absolute Gasteiger partial charge is 0.323 e. The molecular weight excluding hydrogens is 288 g/mol. The normalized spacial score (nSPS) is 32.4. The van der Waals surface area contributed by atoms with Crippen LogP contribution < -0.4 is 0 Å². The summed E-state index contributed by atoms with van der Waals surface area (Å²) in [5, 5.41) is 0. The average molecular weight is 309 g/mol. The third-order valence-electron chi connectivity index (χ3n) is 5.28. The minimum Gasteiger partial charge on any atom is -0.468 e. The van der Waals surface area contributed by atoms with E-state index in [1.807, 2.05) is 37.3 Å². The van der Waals surface area contributed by atoms with Crippen LogP contribution in [0.1, 0.15) is 31.4 Å². The first kappa shape index (κ1) is 15.4. The molecule has 1 aromatic rings. The fourth-order valence-corrected chi connectivity index (χ4v) is 4.30. The number of hydrogen-bond acceptors (Lipinski definition) is 3. The van der Waals surface area contributed by atoms with Gasteiger partial charge in [0.1, 0.15) is 6.04 Å². The molecule has 2 bridgehead atoms. The number of rotatable bonds is 4. The molecule has 0 amide bonds. The first-order chi connectivity index (χ1) is 10.5. The van der Waals surface area contributed by atoms with Gasteiger partial charge in [0.15, 0.2) is 0 Å². The Labute approximate surface area is 129 Å². The molecule has 0 unspecified atom stereocenters. The molecule has 22 heavy (non-hydrogen) atoms. The Balaban J connectivity index is 1.89. The standard InChI is InChI=1S/C17H21F2NO2/c1-10(11-6-4-3-5-7-11)20-12-8-13(14(9-12)16(18)19)15(20)17(21)22-2/h3-7,10,12-16H,8-9H2,1-2H3/t10-,12+,13-,14-,15+/m0/s1. The number of alkyl halides is 2. The Bertz CT molecular complexity index is 537. The molecule has 3 rings (SSSR count). The second kappa shape index (κ2) is 5.95. The van der Waals surface area contributed by atoms with Gasteiger partial charge in [0.2, 0.25) is 6.43 Å². The molecule has 3 nitrogen and oxygen atoms in total. The van der Waals surface area contributed by atoms with Crippen LogP contribution in [0.3, 0.4) is 0 Å². The van der Waals surface area contributed by atoms with Gasteiger partial charge in [0.25, 0.3) is 0 Å². The highest BCUT2D eigenvalue weighted by molar-refractivity contribution is 5.77. The summed E-state index contributed by atoms with van der Waals surface area (Å²) >= 11 is 0. The zero-order chi connectivity index (χ0) is 15.9. The number of benzene rings is 1. The van der Waals surface area contributed by atoms with Crippen LogP contribution in [0.15, 0.2) is 30.3 Å². The van der Waals surface area contributed by atoms with Gasteiger partial charge in [-0.25, -0.2) is 8.78 Å². The van der Waals surface area contributed by atoms with E-state index in [4.69, 9.17) is 4.74 Å². The van der Waals surface area contributed by atoms with Crippen LogP contribution in [0.4, 0.5) is 8.78 Å². The number of nitrogens with zero attached hydrogens (tertiary/aromatic N) is 1. The lowest BCUT2D eigenvalue weighted by molar-refractivity contribution is -0.152. The summed E-state index contributed by atoms with van der Waals surface area (Å²) in [4.78, 5) is 14.3. The molecule has 0 radical (unpaired) electrons. The number of piperidine rings is 1. The van der Waals surface area contributed by atoms with Crippen LogP contribution in [0.5, 0.6) is 0 Å². The highest BCUT2D eigenvalue weighted by Gasteiger charge is 2.58. The van der Waals surface area contributed by atoms with Crippen LogP contribution >= 0.6 is 0 Å². The van der Waals surface area contributed by atoms with Crippen molar-refractivity contribution in [3.05, 3.63) is 35.9 Å². The van der Waals surface area contributed by atoms with Crippen LogP contribution in [0, 0.1) is 11.8 Å². The van der Waals surface area contributed by atoms with Crippen molar-refractivity contribution in [2.45, 2.75) is 44.3 Å². The summed E-state index contributed by atoms with van der Waals surface area (Å²) in [6.45, 7) is 2.03. The zero-order valence-corrected chi connectivity index (χ0v) is 12.8. The van der Waals surface area contributed by atoms with Crippen molar-refractivity contribution < 1.29 is 18.3 Å². The number of halogens is 2. The van der Waals surface area contributed by atoms with Crippen LogP contribution in [-0.2, 0) is 9.53 Å². The van der Waals surface area contributed by atoms with E-state index in [0.717, 1.165) is 5.56 Å². The molecule has 1 saturated heterocycles. The number of carbonyl (C=O) groups is 1. The fraction of sp³-hybridized carbons (Fsp3) is 0.588. The number of likely N-dealkylation sites (tertiary alicyclic amines) is 1. The molecule has 1 saturated carbocycles. The minimum absolute atomic E-state index is 0.0129. The Hall–Kier alpha value is -1.49. The van der Waals surface area contributed by atoms with Gasteiger partial charge >= 0.3 is 5.97 Å². The fourth-order valence-electron chi connectivity index (χ4n) is 4.30. The molecule has 0 aromatic heterocycles. The van der Waals surface area contributed by atoms with E-state index < -0.39 is 18.4 Å². The van der Waals surface area contributed by atoms with E-state index in [2.05, 4.69) is 4.90 Å². The predicted molar refractivity (Wildman–Crippen MR) is 78.5 cm³/mol. The van der Waals surface area contributed by atoms with Crippen molar-refractivity contribution in [2.24, 2.45) is 11.8 Å². The molecular formula is C17H21F2NO2. The molecule has 5 atom stereocenters. The molecule has 1 heterocycles. The number of hydrogen-bond donors (Lipinski definition) is 0. The minimum atomic E-state index is -2.36. The molecule has 120 valence electrons. The first-order valence-electron chi connectivity index (χ1n) is 7.73. The lowest BCUT2D eigenvalue weighted by Crippen LogP contribution is -2.50. The monoisotopic (exact) mass is 309 g/mol.